The minimum absolute atomic E-state index is 0.00628. The Morgan fingerprint density at radius 3 is 2.74 bits per heavy atom. The molecule has 1 fully saturated rings. The number of rotatable bonds is 2. The fraction of sp³-hybridized carbons (Fsp3) is 0.500. The topological polar surface area (TPSA) is 26.3 Å². The summed E-state index contributed by atoms with van der Waals surface area (Å²) in [6.45, 7) is 0. The van der Waals surface area contributed by atoms with E-state index in [1.165, 1.54) is 18.2 Å². The van der Waals surface area contributed by atoms with Gasteiger partial charge in [0.2, 0.25) is 0 Å². The van der Waals surface area contributed by atoms with Crippen molar-refractivity contribution < 1.29 is 22.7 Å². The lowest BCUT2D eigenvalue weighted by atomic mass is 9.91. The van der Waals surface area contributed by atoms with Crippen LogP contribution in [0.15, 0.2) is 24.3 Å². The van der Waals surface area contributed by atoms with Crippen molar-refractivity contribution in [3.8, 4) is 5.75 Å². The third kappa shape index (κ3) is 4.26. The first-order valence-electron chi connectivity index (χ1n) is 6.31. The minimum Gasteiger partial charge on any atom is -0.406 e. The minimum atomic E-state index is -4.68. The first kappa shape index (κ1) is 13.9. The van der Waals surface area contributed by atoms with Crippen LogP contribution in [0.1, 0.15) is 43.6 Å². The number of hydrogen-bond acceptors (Lipinski definition) is 2. The summed E-state index contributed by atoms with van der Waals surface area (Å²) in [7, 11) is 0. The third-order valence-electron chi connectivity index (χ3n) is 3.30. The Morgan fingerprint density at radius 1 is 1.21 bits per heavy atom. The number of halogens is 3. The molecule has 2 nitrogen and oxygen atoms in total. The quantitative estimate of drug-likeness (QED) is 0.754. The van der Waals surface area contributed by atoms with Crippen LogP contribution >= 0.6 is 0 Å². The van der Waals surface area contributed by atoms with Crippen molar-refractivity contribution in [2.45, 2.75) is 44.4 Å². The van der Waals surface area contributed by atoms with Gasteiger partial charge in [-0.1, -0.05) is 18.6 Å². The normalized spacial score (nSPS) is 21.0. The molecular formula is C14H15F3O2. The Morgan fingerprint density at radius 2 is 2.00 bits per heavy atom. The Hall–Kier alpha value is -1.52. The van der Waals surface area contributed by atoms with Gasteiger partial charge in [-0.15, -0.1) is 13.2 Å². The summed E-state index contributed by atoms with van der Waals surface area (Å²) in [6, 6.07) is 5.95. The molecule has 2 rings (SSSR count). The van der Waals surface area contributed by atoms with Crippen molar-refractivity contribution in [2.24, 2.45) is 0 Å². The maximum absolute atomic E-state index is 12.2. The number of carbonyl (C=O) groups is 1. The zero-order chi connectivity index (χ0) is 13.9. The molecule has 0 saturated heterocycles. The molecule has 1 aromatic carbocycles. The summed E-state index contributed by atoms with van der Waals surface area (Å²) in [4.78, 5) is 11.6. The van der Waals surface area contributed by atoms with E-state index in [0.717, 1.165) is 24.8 Å². The Kier molecular flexibility index (Phi) is 4.12. The van der Waals surface area contributed by atoms with Crippen LogP contribution in [0.2, 0.25) is 0 Å². The van der Waals surface area contributed by atoms with Gasteiger partial charge in [0, 0.05) is 12.8 Å². The molecule has 104 valence electrons. The lowest BCUT2D eigenvalue weighted by Crippen LogP contribution is -2.17. The van der Waals surface area contributed by atoms with E-state index < -0.39 is 6.36 Å². The highest BCUT2D eigenvalue weighted by atomic mass is 19.4. The molecule has 0 N–H and O–H groups in total. The predicted octanol–water partition coefficient (Wildman–Crippen LogP) is 4.20. The summed E-state index contributed by atoms with van der Waals surface area (Å²) in [6.07, 6.45) is -1.06. The molecule has 0 amide bonds. The number of ketones is 1. The maximum Gasteiger partial charge on any atom is 0.573 e. The van der Waals surface area contributed by atoms with Gasteiger partial charge in [0.15, 0.2) is 0 Å². The van der Waals surface area contributed by atoms with Crippen LogP contribution in [-0.4, -0.2) is 12.1 Å². The molecule has 1 aliphatic carbocycles. The second-order valence-electron chi connectivity index (χ2n) is 4.81. The zero-order valence-corrected chi connectivity index (χ0v) is 10.4. The van der Waals surface area contributed by atoms with Gasteiger partial charge in [-0.05, 0) is 36.5 Å². The fourth-order valence-electron chi connectivity index (χ4n) is 2.44. The van der Waals surface area contributed by atoms with E-state index in [0.29, 0.717) is 12.8 Å². The molecule has 0 aliphatic heterocycles. The highest BCUT2D eigenvalue weighted by Crippen LogP contribution is 2.33. The summed E-state index contributed by atoms with van der Waals surface area (Å²) >= 11 is 0. The lowest BCUT2D eigenvalue weighted by molar-refractivity contribution is -0.274. The average molecular weight is 272 g/mol. The second kappa shape index (κ2) is 5.63. The van der Waals surface area contributed by atoms with Gasteiger partial charge in [-0.25, -0.2) is 0 Å². The van der Waals surface area contributed by atoms with Gasteiger partial charge >= 0.3 is 6.36 Å². The van der Waals surface area contributed by atoms with E-state index in [-0.39, 0.29) is 17.5 Å². The van der Waals surface area contributed by atoms with Crippen molar-refractivity contribution in [1.82, 2.24) is 0 Å². The zero-order valence-electron chi connectivity index (χ0n) is 10.4. The van der Waals surface area contributed by atoms with Crippen LogP contribution in [-0.2, 0) is 4.79 Å². The molecule has 19 heavy (non-hydrogen) atoms. The van der Waals surface area contributed by atoms with Crippen LogP contribution in [0.3, 0.4) is 0 Å². The number of benzene rings is 1. The van der Waals surface area contributed by atoms with Gasteiger partial charge in [0.1, 0.15) is 11.5 Å². The Labute approximate surface area is 109 Å². The molecule has 5 heteroatoms. The molecule has 0 aromatic heterocycles. The molecule has 0 spiro atoms. The second-order valence-corrected chi connectivity index (χ2v) is 4.81. The average Bonchev–Trinajstić information content (AvgIpc) is 2.52. The maximum atomic E-state index is 12.2. The van der Waals surface area contributed by atoms with Crippen molar-refractivity contribution in [3.63, 3.8) is 0 Å². The van der Waals surface area contributed by atoms with Gasteiger partial charge in [-0.2, -0.15) is 0 Å². The third-order valence-corrected chi connectivity index (χ3v) is 3.30. The number of alkyl halides is 3. The van der Waals surface area contributed by atoms with Crippen LogP contribution in [0.25, 0.3) is 0 Å². The Bertz CT molecular complexity index is 454. The van der Waals surface area contributed by atoms with E-state index in [2.05, 4.69) is 4.74 Å². The Balaban J connectivity index is 2.15. The smallest absolute Gasteiger partial charge is 0.406 e. The fourth-order valence-corrected chi connectivity index (χ4v) is 2.44. The van der Waals surface area contributed by atoms with Crippen LogP contribution in [0.4, 0.5) is 13.2 Å². The molecule has 1 saturated carbocycles. The largest absolute Gasteiger partial charge is 0.573 e. The van der Waals surface area contributed by atoms with Crippen molar-refractivity contribution in [3.05, 3.63) is 29.8 Å². The van der Waals surface area contributed by atoms with E-state index in [1.54, 1.807) is 6.07 Å². The number of hydrogen-bond donors (Lipinski definition) is 0. The molecule has 0 bridgehead atoms. The molecule has 1 atom stereocenters. The van der Waals surface area contributed by atoms with Gasteiger partial charge < -0.3 is 4.74 Å². The number of Topliss-reactive ketones (excluding diaryl/α,β-unsaturated/α-hetero) is 1. The lowest BCUT2D eigenvalue weighted by Gasteiger charge is -2.15. The first-order chi connectivity index (χ1) is 8.94. The van der Waals surface area contributed by atoms with E-state index in [4.69, 9.17) is 0 Å². The number of ether oxygens (including phenoxy) is 1. The standard InChI is InChI=1S/C14H15F3O2/c15-14(16,17)19-13-7-3-5-11(9-13)10-4-1-2-6-12(18)8-10/h3,5,7,9-10H,1-2,4,6,8H2. The van der Waals surface area contributed by atoms with Crippen LogP contribution in [0, 0.1) is 0 Å². The van der Waals surface area contributed by atoms with E-state index in [9.17, 15) is 18.0 Å². The summed E-state index contributed by atoms with van der Waals surface area (Å²) in [5.74, 6) is -0.0295. The van der Waals surface area contributed by atoms with Crippen molar-refractivity contribution >= 4 is 5.78 Å². The highest BCUT2D eigenvalue weighted by Gasteiger charge is 2.31. The summed E-state index contributed by atoms with van der Waals surface area (Å²) in [5.41, 5.74) is 0.747. The van der Waals surface area contributed by atoms with Crippen molar-refractivity contribution in [1.29, 1.82) is 0 Å². The van der Waals surface area contributed by atoms with E-state index in [1.807, 2.05) is 0 Å². The summed E-state index contributed by atoms with van der Waals surface area (Å²) < 4.78 is 40.4. The summed E-state index contributed by atoms with van der Waals surface area (Å²) in [5, 5.41) is 0. The van der Waals surface area contributed by atoms with Crippen LogP contribution in [0.5, 0.6) is 5.75 Å². The predicted molar refractivity (Wildman–Crippen MR) is 64.0 cm³/mol. The molecule has 1 unspecified atom stereocenters. The van der Waals surface area contributed by atoms with E-state index >= 15 is 0 Å². The van der Waals surface area contributed by atoms with Crippen LogP contribution < -0.4 is 4.74 Å². The molecule has 0 heterocycles. The molecular weight excluding hydrogens is 257 g/mol. The number of carbonyl (C=O) groups excluding carboxylic acids is 1. The monoisotopic (exact) mass is 272 g/mol. The molecule has 1 aromatic rings. The molecule has 0 radical (unpaired) electrons. The van der Waals surface area contributed by atoms with Gasteiger partial charge in [0.25, 0.3) is 0 Å². The van der Waals surface area contributed by atoms with Crippen molar-refractivity contribution in [2.75, 3.05) is 0 Å². The highest BCUT2D eigenvalue weighted by molar-refractivity contribution is 5.79. The SMILES string of the molecule is O=C1CCCCC(c2cccc(OC(F)(F)F)c2)C1. The first-order valence-corrected chi connectivity index (χ1v) is 6.31. The van der Waals surface area contributed by atoms with Gasteiger partial charge in [0.05, 0.1) is 0 Å². The molecule has 1 aliphatic rings. The van der Waals surface area contributed by atoms with Gasteiger partial charge in [-0.3, -0.25) is 4.79 Å².